The number of aliphatic hydroxyl groups is 1. The van der Waals surface area contributed by atoms with E-state index >= 15 is 0 Å². The molecule has 15 heavy (non-hydrogen) atoms. The van der Waals surface area contributed by atoms with Crippen LogP contribution in [-0.2, 0) is 4.79 Å². The summed E-state index contributed by atoms with van der Waals surface area (Å²) in [5.74, 6) is -0.437. The molecule has 82 valence electrons. The van der Waals surface area contributed by atoms with E-state index in [0.29, 0.717) is 10.7 Å². The number of carbonyl (C=O) groups is 1. The van der Waals surface area contributed by atoms with E-state index in [-0.39, 0.29) is 0 Å². The maximum atomic E-state index is 11.5. The lowest BCUT2D eigenvalue weighted by molar-refractivity contribution is -0.130. The second kappa shape index (κ2) is 4.21. The number of hydrogen-bond acceptors (Lipinski definition) is 2. The van der Waals surface area contributed by atoms with Gasteiger partial charge in [-0.3, -0.25) is 4.79 Å². The van der Waals surface area contributed by atoms with Gasteiger partial charge in [-0.05, 0) is 44.5 Å². The highest BCUT2D eigenvalue weighted by atomic mass is 35.5. The summed E-state index contributed by atoms with van der Waals surface area (Å²) in [6.07, 6.45) is 0. The minimum Gasteiger partial charge on any atom is -0.381 e. The van der Waals surface area contributed by atoms with Crippen molar-refractivity contribution in [2.75, 3.05) is 5.32 Å². The number of rotatable bonds is 2. The first kappa shape index (κ1) is 12.0. The number of halogens is 1. The van der Waals surface area contributed by atoms with Crippen molar-refractivity contribution in [3.05, 3.63) is 28.8 Å². The Morgan fingerprint density at radius 2 is 2.07 bits per heavy atom. The largest absolute Gasteiger partial charge is 0.381 e. The highest BCUT2D eigenvalue weighted by molar-refractivity contribution is 6.30. The summed E-state index contributed by atoms with van der Waals surface area (Å²) in [6, 6.07) is 5.15. The van der Waals surface area contributed by atoms with Crippen LogP contribution in [0.3, 0.4) is 0 Å². The number of hydrogen-bond donors (Lipinski definition) is 2. The summed E-state index contributed by atoms with van der Waals surface area (Å²) < 4.78 is 0. The molecule has 1 amide bonds. The Kier molecular flexibility index (Phi) is 3.37. The number of anilines is 1. The van der Waals surface area contributed by atoms with Crippen LogP contribution in [0.4, 0.5) is 5.69 Å². The zero-order chi connectivity index (χ0) is 11.6. The predicted octanol–water partition coefficient (Wildman–Crippen LogP) is 2.36. The molecule has 0 spiro atoms. The molecule has 1 rings (SSSR count). The molecule has 0 aliphatic heterocycles. The van der Waals surface area contributed by atoms with Gasteiger partial charge in [0.1, 0.15) is 5.60 Å². The van der Waals surface area contributed by atoms with Gasteiger partial charge in [-0.2, -0.15) is 0 Å². The van der Waals surface area contributed by atoms with E-state index in [1.54, 1.807) is 18.2 Å². The Morgan fingerprint density at radius 1 is 1.47 bits per heavy atom. The quantitative estimate of drug-likeness (QED) is 0.815. The van der Waals surface area contributed by atoms with Gasteiger partial charge in [0.05, 0.1) is 0 Å². The van der Waals surface area contributed by atoms with E-state index in [4.69, 9.17) is 11.6 Å². The minimum atomic E-state index is -1.38. The Labute approximate surface area is 94.1 Å². The lowest BCUT2D eigenvalue weighted by Crippen LogP contribution is -2.36. The van der Waals surface area contributed by atoms with Gasteiger partial charge in [0.15, 0.2) is 0 Å². The zero-order valence-corrected chi connectivity index (χ0v) is 9.72. The summed E-state index contributed by atoms with van der Waals surface area (Å²) in [6.45, 7) is 4.72. The molecule has 0 saturated heterocycles. The first-order valence-corrected chi connectivity index (χ1v) is 4.98. The van der Waals surface area contributed by atoms with Crippen molar-refractivity contribution in [2.45, 2.75) is 26.4 Å². The zero-order valence-electron chi connectivity index (χ0n) is 8.97. The topological polar surface area (TPSA) is 49.3 Å². The molecule has 0 aliphatic carbocycles. The molecule has 0 heterocycles. The molecule has 0 bridgehead atoms. The highest BCUT2D eigenvalue weighted by Gasteiger charge is 2.23. The SMILES string of the molecule is Cc1cc(Cl)ccc1NC(=O)C(C)(C)O. The average molecular weight is 228 g/mol. The van der Waals surface area contributed by atoms with E-state index in [9.17, 15) is 9.90 Å². The molecule has 0 aromatic heterocycles. The van der Waals surface area contributed by atoms with E-state index < -0.39 is 11.5 Å². The van der Waals surface area contributed by atoms with Gasteiger partial charge in [-0.1, -0.05) is 11.6 Å². The van der Waals surface area contributed by atoms with Gasteiger partial charge in [0.25, 0.3) is 5.91 Å². The van der Waals surface area contributed by atoms with Crippen molar-refractivity contribution < 1.29 is 9.90 Å². The van der Waals surface area contributed by atoms with E-state index in [1.165, 1.54) is 13.8 Å². The number of aryl methyl sites for hydroxylation is 1. The van der Waals surface area contributed by atoms with E-state index in [2.05, 4.69) is 5.32 Å². The van der Waals surface area contributed by atoms with Crippen LogP contribution < -0.4 is 5.32 Å². The molecule has 1 aromatic rings. The summed E-state index contributed by atoms with van der Waals surface area (Å²) in [4.78, 5) is 11.5. The van der Waals surface area contributed by atoms with Gasteiger partial charge in [0.2, 0.25) is 0 Å². The Hall–Kier alpha value is -1.06. The fourth-order valence-corrected chi connectivity index (χ4v) is 1.27. The number of nitrogens with one attached hydrogen (secondary N) is 1. The van der Waals surface area contributed by atoms with Crippen molar-refractivity contribution in [1.82, 2.24) is 0 Å². The molecule has 0 unspecified atom stereocenters. The first-order valence-electron chi connectivity index (χ1n) is 4.60. The van der Waals surface area contributed by atoms with Gasteiger partial charge < -0.3 is 10.4 Å². The molecular formula is C11H14ClNO2. The molecule has 3 nitrogen and oxygen atoms in total. The van der Waals surface area contributed by atoms with Crippen LogP contribution in [0.1, 0.15) is 19.4 Å². The second-order valence-electron chi connectivity index (χ2n) is 3.97. The standard InChI is InChI=1S/C11H14ClNO2/c1-7-6-8(12)4-5-9(7)13-10(14)11(2,3)15/h4-6,15H,1-3H3,(H,13,14). The number of amides is 1. The van der Waals surface area contributed by atoms with Crippen molar-refractivity contribution >= 4 is 23.2 Å². The third-order valence-corrected chi connectivity index (χ3v) is 2.23. The van der Waals surface area contributed by atoms with Crippen molar-refractivity contribution in [3.63, 3.8) is 0 Å². The lowest BCUT2D eigenvalue weighted by Gasteiger charge is -2.17. The second-order valence-corrected chi connectivity index (χ2v) is 4.41. The molecule has 0 fully saturated rings. The van der Waals surface area contributed by atoms with Crippen LogP contribution in [-0.4, -0.2) is 16.6 Å². The monoisotopic (exact) mass is 227 g/mol. The van der Waals surface area contributed by atoms with Gasteiger partial charge in [-0.15, -0.1) is 0 Å². The molecule has 1 aromatic carbocycles. The number of carbonyl (C=O) groups excluding carboxylic acids is 1. The van der Waals surface area contributed by atoms with Crippen LogP contribution in [0, 0.1) is 6.92 Å². The van der Waals surface area contributed by atoms with Gasteiger partial charge in [0, 0.05) is 10.7 Å². The van der Waals surface area contributed by atoms with E-state index in [1.807, 2.05) is 6.92 Å². The fourth-order valence-electron chi connectivity index (χ4n) is 1.04. The van der Waals surface area contributed by atoms with Crippen molar-refractivity contribution in [2.24, 2.45) is 0 Å². The Bertz CT molecular complexity index is 383. The first-order chi connectivity index (χ1) is 6.80. The summed E-state index contributed by atoms with van der Waals surface area (Å²) in [7, 11) is 0. The highest BCUT2D eigenvalue weighted by Crippen LogP contribution is 2.20. The van der Waals surface area contributed by atoms with Crippen molar-refractivity contribution in [3.8, 4) is 0 Å². The van der Waals surface area contributed by atoms with Crippen LogP contribution in [0.5, 0.6) is 0 Å². The molecular weight excluding hydrogens is 214 g/mol. The third-order valence-electron chi connectivity index (χ3n) is 1.99. The van der Waals surface area contributed by atoms with Crippen LogP contribution in [0.15, 0.2) is 18.2 Å². The summed E-state index contributed by atoms with van der Waals surface area (Å²) in [5.41, 5.74) is 0.137. The molecule has 0 saturated carbocycles. The molecule has 0 atom stereocenters. The summed E-state index contributed by atoms with van der Waals surface area (Å²) in [5, 5.41) is 12.7. The molecule has 0 aliphatic rings. The molecule has 0 radical (unpaired) electrons. The maximum absolute atomic E-state index is 11.5. The maximum Gasteiger partial charge on any atom is 0.255 e. The third kappa shape index (κ3) is 3.22. The van der Waals surface area contributed by atoms with Crippen LogP contribution in [0.25, 0.3) is 0 Å². The summed E-state index contributed by atoms with van der Waals surface area (Å²) >= 11 is 5.78. The van der Waals surface area contributed by atoms with Gasteiger partial charge >= 0.3 is 0 Å². The Morgan fingerprint density at radius 3 is 2.53 bits per heavy atom. The van der Waals surface area contributed by atoms with Crippen LogP contribution >= 0.6 is 11.6 Å². The fraction of sp³-hybridized carbons (Fsp3) is 0.364. The lowest BCUT2D eigenvalue weighted by atomic mass is 10.1. The smallest absolute Gasteiger partial charge is 0.255 e. The van der Waals surface area contributed by atoms with Crippen molar-refractivity contribution in [1.29, 1.82) is 0 Å². The molecule has 4 heteroatoms. The Balaban J connectivity index is 2.87. The normalized spacial score (nSPS) is 11.3. The van der Waals surface area contributed by atoms with Crippen LogP contribution in [0.2, 0.25) is 5.02 Å². The van der Waals surface area contributed by atoms with Gasteiger partial charge in [-0.25, -0.2) is 0 Å². The van der Waals surface area contributed by atoms with E-state index in [0.717, 1.165) is 5.56 Å². The average Bonchev–Trinajstić information content (AvgIpc) is 2.08. The number of benzene rings is 1. The minimum absolute atomic E-state index is 0.437. The molecule has 2 N–H and O–H groups in total. The predicted molar refractivity (Wildman–Crippen MR) is 61.1 cm³/mol.